The van der Waals surface area contributed by atoms with Gasteiger partial charge in [-0.3, -0.25) is 0 Å². The number of carbonyl (C=O) groups is 1. The Labute approximate surface area is 116 Å². The predicted octanol–water partition coefficient (Wildman–Crippen LogP) is 2.24. The minimum absolute atomic E-state index is 0.111. The van der Waals surface area contributed by atoms with Crippen molar-refractivity contribution in [3.8, 4) is 0 Å². The molecule has 0 aromatic heterocycles. The third-order valence-electron chi connectivity index (χ3n) is 3.77. The van der Waals surface area contributed by atoms with Crippen molar-refractivity contribution in [1.82, 2.24) is 5.32 Å². The molecular formula is C14H18F2N2O2. The molecule has 6 heteroatoms. The maximum absolute atomic E-state index is 14.0. The van der Waals surface area contributed by atoms with E-state index in [0.29, 0.717) is 0 Å². The van der Waals surface area contributed by atoms with Crippen molar-refractivity contribution in [2.75, 3.05) is 25.0 Å². The van der Waals surface area contributed by atoms with Crippen molar-refractivity contribution in [2.45, 2.75) is 25.3 Å². The zero-order valence-electron chi connectivity index (χ0n) is 11.3. The molecule has 0 aliphatic carbocycles. The molecule has 0 bridgehead atoms. The summed E-state index contributed by atoms with van der Waals surface area (Å²) < 4.78 is 27.8. The van der Waals surface area contributed by atoms with Gasteiger partial charge in [-0.15, -0.1) is 0 Å². The highest BCUT2D eigenvalue weighted by Crippen LogP contribution is 2.27. The summed E-state index contributed by atoms with van der Waals surface area (Å²) in [5.74, 6) is -3.85. The molecular weight excluding hydrogens is 266 g/mol. The molecule has 1 aliphatic rings. The van der Waals surface area contributed by atoms with E-state index < -0.39 is 23.2 Å². The highest BCUT2D eigenvalue weighted by molar-refractivity contribution is 5.88. The SMILES string of the molecule is CN(c1ccc(C(=O)O)c(F)c1F)C1CCCNCC1. The average molecular weight is 284 g/mol. The van der Waals surface area contributed by atoms with Gasteiger partial charge < -0.3 is 15.3 Å². The number of halogens is 2. The van der Waals surface area contributed by atoms with Crippen LogP contribution in [-0.4, -0.2) is 37.3 Å². The van der Waals surface area contributed by atoms with Crippen LogP contribution >= 0.6 is 0 Å². The molecule has 1 aliphatic heterocycles. The largest absolute Gasteiger partial charge is 0.478 e. The number of carboxylic acid groups (broad SMARTS) is 1. The predicted molar refractivity (Wildman–Crippen MR) is 72.2 cm³/mol. The number of rotatable bonds is 3. The molecule has 0 radical (unpaired) electrons. The fraction of sp³-hybridized carbons (Fsp3) is 0.500. The van der Waals surface area contributed by atoms with Gasteiger partial charge in [0.15, 0.2) is 11.6 Å². The summed E-state index contributed by atoms with van der Waals surface area (Å²) in [4.78, 5) is 12.5. The third kappa shape index (κ3) is 2.90. The molecule has 1 saturated heterocycles. The molecule has 1 unspecified atom stereocenters. The lowest BCUT2D eigenvalue weighted by Gasteiger charge is -2.29. The Morgan fingerprint density at radius 2 is 2.05 bits per heavy atom. The highest BCUT2D eigenvalue weighted by atomic mass is 19.2. The topological polar surface area (TPSA) is 52.6 Å². The van der Waals surface area contributed by atoms with Crippen LogP contribution < -0.4 is 10.2 Å². The molecule has 0 amide bonds. The zero-order chi connectivity index (χ0) is 14.7. The minimum atomic E-state index is -1.46. The quantitative estimate of drug-likeness (QED) is 0.894. The van der Waals surface area contributed by atoms with Gasteiger partial charge in [-0.2, -0.15) is 0 Å². The van der Waals surface area contributed by atoms with E-state index in [0.717, 1.165) is 38.4 Å². The van der Waals surface area contributed by atoms with Gasteiger partial charge in [0.1, 0.15) is 0 Å². The lowest BCUT2D eigenvalue weighted by molar-refractivity contribution is 0.0690. The standard InChI is InChI=1S/C14H18F2N2O2/c1-18(9-3-2-7-17-8-6-9)11-5-4-10(14(19)20)12(15)13(11)16/h4-5,9,17H,2-3,6-8H2,1H3,(H,19,20). The first-order valence-corrected chi connectivity index (χ1v) is 6.67. The maximum atomic E-state index is 14.0. The molecule has 110 valence electrons. The molecule has 1 fully saturated rings. The lowest BCUT2D eigenvalue weighted by atomic mass is 10.1. The number of aromatic carboxylic acids is 1. The van der Waals surface area contributed by atoms with Crippen molar-refractivity contribution in [3.05, 3.63) is 29.3 Å². The van der Waals surface area contributed by atoms with Crippen LogP contribution in [0.15, 0.2) is 12.1 Å². The fourth-order valence-electron chi connectivity index (χ4n) is 2.56. The van der Waals surface area contributed by atoms with Gasteiger partial charge >= 0.3 is 5.97 Å². The summed E-state index contributed by atoms with van der Waals surface area (Å²) in [5, 5.41) is 12.0. The molecule has 1 aromatic carbocycles. The lowest BCUT2D eigenvalue weighted by Crippen LogP contribution is -2.33. The van der Waals surface area contributed by atoms with Gasteiger partial charge in [-0.05, 0) is 44.5 Å². The number of hydrogen-bond acceptors (Lipinski definition) is 3. The van der Waals surface area contributed by atoms with Crippen molar-refractivity contribution in [2.24, 2.45) is 0 Å². The normalized spacial score (nSPS) is 19.4. The van der Waals surface area contributed by atoms with Gasteiger partial charge in [0.25, 0.3) is 0 Å². The summed E-state index contributed by atoms with van der Waals surface area (Å²) in [6, 6.07) is 2.57. The minimum Gasteiger partial charge on any atom is -0.478 e. The second-order valence-electron chi connectivity index (χ2n) is 5.01. The second-order valence-corrected chi connectivity index (χ2v) is 5.01. The number of nitrogens with zero attached hydrogens (tertiary/aromatic N) is 1. The summed E-state index contributed by atoms with van der Waals surface area (Å²) in [5.41, 5.74) is -0.526. The third-order valence-corrected chi connectivity index (χ3v) is 3.77. The number of hydrogen-bond donors (Lipinski definition) is 2. The number of benzene rings is 1. The maximum Gasteiger partial charge on any atom is 0.338 e. The summed E-state index contributed by atoms with van der Waals surface area (Å²) in [7, 11) is 1.72. The van der Waals surface area contributed by atoms with Crippen LogP contribution in [0.25, 0.3) is 0 Å². The first-order chi connectivity index (χ1) is 9.52. The number of anilines is 1. The molecule has 2 rings (SSSR count). The Kier molecular flexibility index (Phi) is 4.54. The first kappa shape index (κ1) is 14.7. The second kappa shape index (κ2) is 6.17. The molecule has 2 N–H and O–H groups in total. The Balaban J connectivity index is 2.27. The Morgan fingerprint density at radius 1 is 1.30 bits per heavy atom. The van der Waals surface area contributed by atoms with Crippen LogP contribution in [0.5, 0.6) is 0 Å². The zero-order valence-corrected chi connectivity index (χ0v) is 11.3. The fourth-order valence-corrected chi connectivity index (χ4v) is 2.56. The number of carboxylic acids is 1. The van der Waals surface area contributed by atoms with Crippen LogP contribution in [0.3, 0.4) is 0 Å². The molecule has 0 spiro atoms. The van der Waals surface area contributed by atoms with Crippen LogP contribution in [0.4, 0.5) is 14.5 Å². The van der Waals surface area contributed by atoms with E-state index in [-0.39, 0.29) is 11.7 Å². The van der Waals surface area contributed by atoms with E-state index in [9.17, 15) is 13.6 Å². The Bertz CT molecular complexity index is 500. The van der Waals surface area contributed by atoms with Gasteiger partial charge in [0, 0.05) is 13.1 Å². The molecule has 1 heterocycles. The Hall–Kier alpha value is -1.69. The van der Waals surface area contributed by atoms with Crippen molar-refractivity contribution < 1.29 is 18.7 Å². The van der Waals surface area contributed by atoms with Crippen LogP contribution in [0.2, 0.25) is 0 Å². The summed E-state index contributed by atoms with van der Waals surface area (Å²) >= 11 is 0. The first-order valence-electron chi connectivity index (χ1n) is 6.67. The Morgan fingerprint density at radius 3 is 2.75 bits per heavy atom. The molecule has 1 atom stereocenters. The van der Waals surface area contributed by atoms with Crippen molar-refractivity contribution in [1.29, 1.82) is 0 Å². The van der Waals surface area contributed by atoms with Gasteiger partial charge in [0.05, 0.1) is 11.3 Å². The van der Waals surface area contributed by atoms with Gasteiger partial charge in [-0.25, -0.2) is 13.6 Å². The van der Waals surface area contributed by atoms with Crippen LogP contribution in [-0.2, 0) is 0 Å². The van der Waals surface area contributed by atoms with Gasteiger partial charge in [-0.1, -0.05) is 0 Å². The van der Waals surface area contributed by atoms with E-state index in [4.69, 9.17) is 5.11 Å². The molecule has 1 aromatic rings. The highest BCUT2D eigenvalue weighted by Gasteiger charge is 2.24. The van der Waals surface area contributed by atoms with E-state index in [2.05, 4.69) is 5.32 Å². The smallest absolute Gasteiger partial charge is 0.338 e. The van der Waals surface area contributed by atoms with E-state index >= 15 is 0 Å². The number of nitrogens with one attached hydrogen (secondary N) is 1. The molecule has 4 nitrogen and oxygen atoms in total. The van der Waals surface area contributed by atoms with E-state index in [1.165, 1.54) is 6.07 Å². The van der Waals surface area contributed by atoms with Gasteiger partial charge in [0.2, 0.25) is 0 Å². The van der Waals surface area contributed by atoms with Crippen molar-refractivity contribution >= 4 is 11.7 Å². The van der Waals surface area contributed by atoms with Crippen LogP contribution in [0.1, 0.15) is 29.6 Å². The molecule has 0 saturated carbocycles. The molecule has 20 heavy (non-hydrogen) atoms. The van der Waals surface area contributed by atoms with E-state index in [1.54, 1.807) is 11.9 Å². The van der Waals surface area contributed by atoms with E-state index in [1.807, 2.05) is 0 Å². The van der Waals surface area contributed by atoms with Crippen molar-refractivity contribution in [3.63, 3.8) is 0 Å². The van der Waals surface area contributed by atoms with Crippen LogP contribution in [0, 0.1) is 11.6 Å². The summed E-state index contributed by atoms with van der Waals surface area (Å²) in [6.45, 7) is 1.77. The monoisotopic (exact) mass is 284 g/mol. The average Bonchev–Trinajstić information content (AvgIpc) is 2.69. The summed E-state index contributed by atoms with van der Waals surface area (Å²) in [6.07, 6.45) is 2.72.